The van der Waals surface area contributed by atoms with Crippen LogP contribution in [0.1, 0.15) is 64.9 Å². The van der Waals surface area contributed by atoms with E-state index in [0.29, 0.717) is 6.54 Å². The zero-order valence-electron chi connectivity index (χ0n) is 19.8. The molecule has 1 aliphatic heterocycles. The SMILES string of the molecule is CCCCc1cc(OC2CCN(CCCCNS(=O)(=O)C(C)C)CC2)c2ncccc2c1. The molecule has 0 radical (unpaired) electrons. The highest BCUT2D eigenvalue weighted by atomic mass is 32.2. The van der Waals surface area contributed by atoms with Gasteiger partial charge in [-0.05, 0) is 82.7 Å². The zero-order chi connectivity index (χ0) is 23.0. The first-order valence-electron chi connectivity index (χ1n) is 12.1. The summed E-state index contributed by atoms with van der Waals surface area (Å²) in [6.07, 6.45) is 9.38. The number of hydrogen-bond acceptors (Lipinski definition) is 5. The van der Waals surface area contributed by atoms with E-state index in [1.807, 2.05) is 12.3 Å². The lowest BCUT2D eigenvalue weighted by molar-refractivity contribution is 0.101. The second-order valence-electron chi connectivity index (χ2n) is 9.13. The van der Waals surface area contributed by atoms with E-state index in [4.69, 9.17) is 4.74 Å². The van der Waals surface area contributed by atoms with E-state index < -0.39 is 10.0 Å². The van der Waals surface area contributed by atoms with Gasteiger partial charge in [-0.2, -0.15) is 0 Å². The van der Waals surface area contributed by atoms with Crippen LogP contribution in [0.15, 0.2) is 30.5 Å². The maximum Gasteiger partial charge on any atom is 0.213 e. The molecule has 0 atom stereocenters. The Morgan fingerprint density at radius 2 is 1.97 bits per heavy atom. The van der Waals surface area contributed by atoms with Crippen molar-refractivity contribution in [1.29, 1.82) is 0 Å². The number of nitrogens with zero attached hydrogens (tertiary/aromatic N) is 2. The Kier molecular flexibility index (Phi) is 9.32. The highest BCUT2D eigenvalue weighted by Gasteiger charge is 2.21. The van der Waals surface area contributed by atoms with Crippen LogP contribution in [-0.2, 0) is 16.4 Å². The fraction of sp³-hybridized carbons (Fsp3) is 0.640. The van der Waals surface area contributed by atoms with Gasteiger partial charge in [-0.3, -0.25) is 4.98 Å². The Balaban J connectivity index is 1.46. The first kappa shape index (κ1) is 24.9. The molecule has 178 valence electrons. The summed E-state index contributed by atoms with van der Waals surface area (Å²) >= 11 is 0. The second-order valence-corrected chi connectivity index (χ2v) is 11.4. The number of likely N-dealkylation sites (tertiary alicyclic amines) is 1. The highest BCUT2D eigenvalue weighted by Crippen LogP contribution is 2.29. The van der Waals surface area contributed by atoms with Gasteiger partial charge in [-0.25, -0.2) is 13.1 Å². The fourth-order valence-electron chi connectivity index (χ4n) is 4.11. The number of rotatable bonds is 12. The molecule has 1 N–H and O–H groups in total. The standard InChI is InChI=1S/C25H39N3O3S/c1-4-5-9-21-18-22-10-8-13-26-25(22)24(19-21)31-23-11-16-28(17-12-23)15-7-6-14-27-32(29,30)20(2)3/h8,10,13,18-20,23,27H,4-7,9,11-12,14-17H2,1-3H3. The molecule has 0 saturated carbocycles. The van der Waals surface area contributed by atoms with E-state index in [-0.39, 0.29) is 11.4 Å². The number of nitrogens with one attached hydrogen (secondary N) is 1. The monoisotopic (exact) mass is 461 g/mol. The fourth-order valence-corrected chi connectivity index (χ4v) is 4.87. The molecule has 6 nitrogen and oxygen atoms in total. The van der Waals surface area contributed by atoms with Gasteiger partial charge in [-0.1, -0.05) is 19.4 Å². The van der Waals surface area contributed by atoms with Crippen LogP contribution in [0.2, 0.25) is 0 Å². The summed E-state index contributed by atoms with van der Waals surface area (Å²) < 4.78 is 32.8. The maximum absolute atomic E-state index is 11.8. The minimum absolute atomic E-state index is 0.218. The molecule has 1 fully saturated rings. The maximum atomic E-state index is 11.8. The van der Waals surface area contributed by atoms with Gasteiger partial charge in [0.25, 0.3) is 0 Å². The van der Waals surface area contributed by atoms with Gasteiger partial charge in [0.1, 0.15) is 17.4 Å². The van der Waals surface area contributed by atoms with Crippen LogP contribution < -0.4 is 9.46 Å². The predicted molar refractivity (Wildman–Crippen MR) is 132 cm³/mol. The number of unbranched alkanes of at least 4 members (excludes halogenated alkanes) is 2. The number of hydrogen-bond donors (Lipinski definition) is 1. The molecule has 2 heterocycles. The van der Waals surface area contributed by atoms with Crippen molar-refractivity contribution in [3.05, 3.63) is 36.0 Å². The number of benzene rings is 1. The Labute approximate surface area is 193 Å². The summed E-state index contributed by atoms with van der Waals surface area (Å²) in [5.74, 6) is 0.921. The molecule has 1 aromatic carbocycles. The van der Waals surface area contributed by atoms with E-state index in [1.165, 1.54) is 18.4 Å². The summed E-state index contributed by atoms with van der Waals surface area (Å²) in [7, 11) is -3.15. The lowest BCUT2D eigenvalue weighted by Crippen LogP contribution is -2.39. The summed E-state index contributed by atoms with van der Waals surface area (Å²) in [4.78, 5) is 7.05. The first-order valence-corrected chi connectivity index (χ1v) is 13.7. The highest BCUT2D eigenvalue weighted by molar-refractivity contribution is 7.90. The molecular weight excluding hydrogens is 422 g/mol. The molecular formula is C25H39N3O3S. The average molecular weight is 462 g/mol. The normalized spacial score (nSPS) is 16.1. The molecule has 7 heteroatoms. The van der Waals surface area contributed by atoms with Crippen LogP contribution in [0.25, 0.3) is 10.9 Å². The molecule has 0 spiro atoms. The number of aromatic nitrogens is 1. The lowest BCUT2D eigenvalue weighted by atomic mass is 10.0. The molecule has 3 rings (SSSR count). The first-order chi connectivity index (χ1) is 15.4. The van der Waals surface area contributed by atoms with Gasteiger partial charge < -0.3 is 9.64 Å². The van der Waals surface area contributed by atoms with Crippen molar-refractivity contribution < 1.29 is 13.2 Å². The largest absolute Gasteiger partial charge is 0.488 e. The number of ether oxygens (including phenoxy) is 1. The Bertz CT molecular complexity index is 954. The second kappa shape index (κ2) is 12.0. The third-order valence-electron chi connectivity index (χ3n) is 6.20. The van der Waals surface area contributed by atoms with E-state index in [9.17, 15) is 8.42 Å². The number of pyridine rings is 1. The lowest BCUT2D eigenvalue weighted by Gasteiger charge is -2.32. The van der Waals surface area contributed by atoms with Crippen LogP contribution in [0, 0.1) is 0 Å². The molecule has 0 aliphatic carbocycles. The van der Waals surface area contributed by atoms with Crippen LogP contribution in [0.4, 0.5) is 0 Å². The van der Waals surface area contributed by atoms with Crippen molar-refractivity contribution in [2.45, 2.75) is 77.1 Å². The molecule has 0 amide bonds. The van der Waals surface area contributed by atoms with Crippen molar-refractivity contribution >= 4 is 20.9 Å². The molecule has 2 aromatic rings. The number of piperidine rings is 1. The van der Waals surface area contributed by atoms with E-state index in [0.717, 1.165) is 68.4 Å². The average Bonchev–Trinajstić information content (AvgIpc) is 2.78. The van der Waals surface area contributed by atoms with E-state index >= 15 is 0 Å². The van der Waals surface area contributed by atoms with Crippen molar-refractivity contribution in [2.24, 2.45) is 0 Å². The van der Waals surface area contributed by atoms with Crippen molar-refractivity contribution in [1.82, 2.24) is 14.6 Å². The summed E-state index contributed by atoms with van der Waals surface area (Å²) in [6, 6.07) is 8.54. The van der Waals surface area contributed by atoms with Crippen molar-refractivity contribution in [2.75, 3.05) is 26.2 Å². The smallest absolute Gasteiger partial charge is 0.213 e. The number of fused-ring (bicyclic) bond motifs is 1. The van der Waals surface area contributed by atoms with Gasteiger partial charge in [0.2, 0.25) is 10.0 Å². The Morgan fingerprint density at radius 1 is 1.19 bits per heavy atom. The van der Waals surface area contributed by atoms with Crippen LogP contribution in [-0.4, -0.2) is 55.8 Å². The van der Waals surface area contributed by atoms with Crippen LogP contribution >= 0.6 is 0 Å². The van der Waals surface area contributed by atoms with E-state index in [2.05, 4.69) is 39.7 Å². The zero-order valence-corrected chi connectivity index (χ0v) is 20.7. The molecule has 0 bridgehead atoms. The third kappa shape index (κ3) is 7.15. The van der Waals surface area contributed by atoms with Gasteiger partial charge in [0.15, 0.2) is 0 Å². The van der Waals surface area contributed by atoms with Crippen LogP contribution in [0.5, 0.6) is 5.75 Å². The Hall–Kier alpha value is -1.70. The minimum atomic E-state index is -3.15. The van der Waals surface area contributed by atoms with Gasteiger partial charge >= 0.3 is 0 Å². The number of aryl methyl sites for hydroxylation is 1. The summed E-state index contributed by atoms with van der Waals surface area (Å²) in [5.41, 5.74) is 2.28. The van der Waals surface area contributed by atoms with Gasteiger partial charge in [0, 0.05) is 31.2 Å². The van der Waals surface area contributed by atoms with Gasteiger partial charge in [0.05, 0.1) is 5.25 Å². The quantitative estimate of drug-likeness (QED) is 0.470. The molecule has 1 aromatic heterocycles. The topological polar surface area (TPSA) is 71.5 Å². The molecule has 32 heavy (non-hydrogen) atoms. The minimum Gasteiger partial charge on any atom is -0.488 e. The molecule has 0 unspecified atom stereocenters. The third-order valence-corrected chi connectivity index (χ3v) is 8.05. The van der Waals surface area contributed by atoms with Crippen LogP contribution in [0.3, 0.4) is 0 Å². The summed E-state index contributed by atoms with van der Waals surface area (Å²) in [5, 5.41) is 0.780. The summed E-state index contributed by atoms with van der Waals surface area (Å²) in [6.45, 7) is 9.19. The molecule has 1 saturated heterocycles. The van der Waals surface area contributed by atoms with E-state index in [1.54, 1.807) is 13.8 Å². The predicted octanol–water partition coefficient (Wildman–Crippen LogP) is 4.53. The Morgan fingerprint density at radius 3 is 2.69 bits per heavy atom. The number of sulfonamides is 1. The molecule has 1 aliphatic rings. The van der Waals surface area contributed by atoms with Crippen molar-refractivity contribution in [3.8, 4) is 5.75 Å². The van der Waals surface area contributed by atoms with Gasteiger partial charge in [-0.15, -0.1) is 0 Å². The van der Waals surface area contributed by atoms with Crippen molar-refractivity contribution in [3.63, 3.8) is 0 Å².